The van der Waals surface area contributed by atoms with Crippen LogP contribution >= 0.6 is 11.8 Å². The van der Waals surface area contributed by atoms with Crippen LogP contribution in [0.2, 0.25) is 0 Å². The molecule has 3 aromatic rings. The summed E-state index contributed by atoms with van der Waals surface area (Å²) in [6, 6.07) is 9.21. The van der Waals surface area contributed by atoms with Gasteiger partial charge in [0.05, 0.1) is 16.6 Å². The zero-order valence-electron chi connectivity index (χ0n) is 17.9. The first-order valence-electron chi connectivity index (χ1n) is 9.80. The minimum atomic E-state index is -0.583. The molecule has 0 radical (unpaired) electrons. The van der Waals surface area contributed by atoms with E-state index in [-0.39, 0.29) is 22.8 Å². The lowest BCUT2D eigenvalue weighted by Crippen LogP contribution is -2.27. The largest absolute Gasteiger partial charge is 0.385 e. The first-order valence-corrected chi connectivity index (χ1v) is 10.7. The Bertz CT molecular complexity index is 1160. The summed E-state index contributed by atoms with van der Waals surface area (Å²) in [7, 11) is 3.36. The quantitative estimate of drug-likeness (QED) is 0.380. The zero-order chi connectivity index (χ0) is 22.5. The molecule has 166 valence electrons. The summed E-state index contributed by atoms with van der Waals surface area (Å²) in [5, 5.41) is 9.01. The molecule has 0 spiro atoms. The van der Waals surface area contributed by atoms with E-state index >= 15 is 0 Å². The monoisotopic (exact) mass is 446 g/mol. The lowest BCUT2D eigenvalue weighted by atomic mass is 10.3. The molecule has 31 heavy (non-hydrogen) atoms. The maximum Gasteiger partial charge on any atom is 0.343 e. The highest BCUT2D eigenvalue weighted by molar-refractivity contribution is 8.00. The molecule has 10 nitrogen and oxygen atoms in total. The van der Waals surface area contributed by atoms with Crippen molar-refractivity contribution in [2.75, 3.05) is 19.0 Å². The van der Waals surface area contributed by atoms with E-state index in [1.807, 2.05) is 30.3 Å². The molecule has 0 aliphatic rings. The van der Waals surface area contributed by atoms with Crippen LogP contribution in [-0.2, 0) is 23.1 Å². The fourth-order valence-corrected chi connectivity index (χ4v) is 3.99. The molecular weight excluding hydrogens is 420 g/mol. The maximum atomic E-state index is 13.0. The fourth-order valence-electron chi connectivity index (χ4n) is 3.11. The Labute approximate surface area is 183 Å². The van der Waals surface area contributed by atoms with E-state index in [1.54, 1.807) is 32.7 Å². The molecule has 0 aliphatic carbocycles. The Morgan fingerprint density at radius 1 is 1.29 bits per heavy atom. The van der Waals surface area contributed by atoms with E-state index in [0.717, 1.165) is 11.8 Å². The highest BCUT2D eigenvalue weighted by atomic mass is 32.2. The van der Waals surface area contributed by atoms with E-state index in [9.17, 15) is 14.4 Å². The molecule has 2 aromatic heterocycles. The number of anilines is 1. The normalized spacial score (nSPS) is 12.1. The number of nitrogens with one attached hydrogen (secondary N) is 2. The molecule has 1 unspecified atom stereocenters. The molecule has 11 heteroatoms. The van der Waals surface area contributed by atoms with E-state index < -0.39 is 5.25 Å². The van der Waals surface area contributed by atoms with Gasteiger partial charge in [0.1, 0.15) is 5.69 Å². The molecule has 0 aliphatic heterocycles. The number of nitrogens with zero attached hydrogens (tertiary/aromatic N) is 4. The Hall–Kier alpha value is -3.05. The van der Waals surface area contributed by atoms with Gasteiger partial charge in [0.15, 0.2) is 5.16 Å². The third kappa shape index (κ3) is 4.83. The molecule has 0 fully saturated rings. The van der Waals surface area contributed by atoms with Gasteiger partial charge in [-0.1, -0.05) is 30.0 Å². The number of aromatic nitrogens is 5. The number of hydrogen-bond acceptors (Lipinski definition) is 6. The Balaban J connectivity index is 1.77. The smallest absolute Gasteiger partial charge is 0.343 e. The minimum Gasteiger partial charge on any atom is -0.385 e. The van der Waals surface area contributed by atoms with Crippen molar-refractivity contribution in [3.05, 3.63) is 56.9 Å². The third-order valence-corrected chi connectivity index (χ3v) is 6.00. The minimum absolute atomic E-state index is 0.225. The van der Waals surface area contributed by atoms with Crippen molar-refractivity contribution >= 4 is 23.4 Å². The third-order valence-electron chi connectivity index (χ3n) is 4.91. The number of benzene rings is 1. The number of rotatable bonds is 9. The first kappa shape index (κ1) is 22.6. The van der Waals surface area contributed by atoms with Crippen molar-refractivity contribution in [3.8, 4) is 5.69 Å². The van der Waals surface area contributed by atoms with Gasteiger partial charge in [0, 0.05) is 27.3 Å². The number of hydrogen-bond donors (Lipinski definition) is 2. The predicted octanol–water partition coefficient (Wildman–Crippen LogP) is 1.53. The topological polar surface area (TPSA) is 116 Å². The molecule has 3 rings (SSSR count). The maximum absolute atomic E-state index is 13.0. The predicted molar refractivity (Wildman–Crippen MR) is 119 cm³/mol. The number of carbonyl (C=O) groups excluding carboxylic acids is 1. The van der Waals surface area contributed by atoms with Crippen LogP contribution in [0.5, 0.6) is 0 Å². The fraction of sp³-hybridized carbons (Fsp3) is 0.400. The van der Waals surface area contributed by atoms with Gasteiger partial charge < -0.3 is 10.1 Å². The van der Waals surface area contributed by atoms with Crippen LogP contribution in [0, 0.1) is 6.92 Å². The van der Waals surface area contributed by atoms with E-state index in [2.05, 4.69) is 15.5 Å². The molecule has 2 N–H and O–H groups in total. The average Bonchev–Trinajstić information content (AvgIpc) is 3.20. The number of para-hydroxylation sites is 1. The van der Waals surface area contributed by atoms with E-state index in [1.165, 1.54) is 9.25 Å². The van der Waals surface area contributed by atoms with Crippen molar-refractivity contribution in [1.82, 2.24) is 24.1 Å². The summed E-state index contributed by atoms with van der Waals surface area (Å²) in [6.45, 7) is 4.42. The van der Waals surface area contributed by atoms with Crippen molar-refractivity contribution < 1.29 is 9.53 Å². The molecule has 0 saturated carbocycles. The highest BCUT2D eigenvalue weighted by Gasteiger charge is 2.23. The SMILES string of the molecule is COCCCn1c(SC(C)C(=O)Nc2c(C)n(C)n(-c3ccccc3)c2=O)n[nH]c1=O. The number of methoxy groups -OCH3 is 1. The molecule has 0 saturated heterocycles. The standard InChI is InChI=1S/C20H26N6O4S/c1-13-16(18(28)26(24(13)3)15-9-6-5-7-10-15)21-17(27)14(2)31-20-23-22-19(29)25(20)11-8-12-30-4/h5-7,9-10,14H,8,11-12H2,1-4H3,(H,21,27)(H,22,29). The molecule has 1 atom stereocenters. The van der Waals surface area contributed by atoms with Crippen molar-refractivity contribution in [1.29, 1.82) is 0 Å². The van der Waals surface area contributed by atoms with Gasteiger partial charge in [-0.2, -0.15) is 0 Å². The van der Waals surface area contributed by atoms with Crippen LogP contribution in [0.1, 0.15) is 19.0 Å². The molecule has 2 heterocycles. The number of aromatic amines is 1. The summed E-state index contributed by atoms with van der Waals surface area (Å²) < 4.78 is 9.70. The lowest BCUT2D eigenvalue weighted by molar-refractivity contribution is -0.115. The van der Waals surface area contributed by atoms with Crippen LogP contribution in [0.25, 0.3) is 5.69 Å². The molecule has 1 amide bonds. The molecule has 0 bridgehead atoms. The van der Waals surface area contributed by atoms with Gasteiger partial charge in [0.2, 0.25) is 5.91 Å². The number of carbonyl (C=O) groups is 1. The first-order chi connectivity index (χ1) is 14.8. The second-order valence-electron chi connectivity index (χ2n) is 7.00. The van der Waals surface area contributed by atoms with Gasteiger partial charge in [-0.25, -0.2) is 14.6 Å². The summed E-state index contributed by atoms with van der Waals surface area (Å²) in [5.74, 6) is -0.352. The molecular formula is C20H26N6O4S. The van der Waals surface area contributed by atoms with Gasteiger partial charge in [-0.3, -0.25) is 18.8 Å². The summed E-state index contributed by atoms with van der Waals surface area (Å²) in [6.07, 6.45) is 0.645. The van der Waals surface area contributed by atoms with Gasteiger partial charge in [0.25, 0.3) is 5.56 Å². The number of ether oxygens (including phenoxy) is 1. The Morgan fingerprint density at radius 3 is 2.68 bits per heavy atom. The second-order valence-corrected chi connectivity index (χ2v) is 8.30. The Kier molecular flexibility index (Phi) is 7.18. The van der Waals surface area contributed by atoms with Crippen LogP contribution in [0.15, 0.2) is 45.1 Å². The summed E-state index contributed by atoms with van der Waals surface area (Å²) in [4.78, 5) is 37.8. The summed E-state index contributed by atoms with van der Waals surface area (Å²) >= 11 is 1.15. The summed E-state index contributed by atoms with van der Waals surface area (Å²) in [5.41, 5.74) is 0.917. The average molecular weight is 447 g/mol. The number of H-pyrrole nitrogens is 1. The van der Waals surface area contributed by atoms with E-state index in [4.69, 9.17) is 4.74 Å². The zero-order valence-corrected chi connectivity index (χ0v) is 18.7. The van der Waals surface area contributed by atoms with Crippen LogP contribution < -0.4 is 16.6 Å². The van der Waals surface area contributed by atoms with Crippen LogP contribution in [0.4, 0.5) is 5.69 Å². The van der Waals surface area contributed by atoms with Gasteiger partial charge >= 0.3 is 5.69 Å². The Morgan fingerprint density at radius 2 is 2.00 bits per heavy atom. The number of thioether (sulfide) groups is 1. The van der Waals surface area contributed by atoms with Crippen molar-refractivity contribution in [2.24, 2.45) is 7.05 Å². The van der Waals surface area contributed by atoms with Crippen LogP contribution in [0.3, 0.4) is 0 Å². The van der Waals surface area contributed by atoms with Crippen LogP contribution in [-0.4, -0.2) is 49.0 Å². The van der Waals surface area contributed by atoms with Gasteiger partial charge in [-0.05, 0) is 32.4 Å². The lowest BCUT2D eigenvalue weighted by Gasteiger charge is -2.11. The van der Waals surface area contributed by atoms with Crippen molar-refractivity contribution in [2.45, 2.75) is 37.2 Å². The highest BCUT2D eigenvalue weighted by Crippen LogP contribution is 2.22. The van der Waals surface area contributed by atoms with E-state index in [0.29, 0.717) is 36.1 Å². The second kappa shape index (κ2) is 9.84. The molecule has 1 aromatic carbocycles. The number of amides is 1. The van der Waals surface area contributed by atoms with Crippen molar-refractivity contribution in [3.63, 3.8) is 0 Å². The van der Waals surface area contributed by atoms with Gasteiger partial charge in [-0.15, -0.1) is 5.10 Å².